The van der Waals surface area contributed by atoms with Gasteiger partial charge in [-0.3, -0.25) is 20.1 Å². The third-order valence-electron chi connectivity index (χ3n) is 4.48. The monoisotopic (exact) mass is 442 g/mol. The van der Waals surface area contributed by atoms with Gasteiger partial charge in [0.05, 0.1) is 6.61 Å². The maximum absolute atomic E-state index is 12.5. The van der Waals surface area contributed by atoms with Gasteiger partial charge in [0.2, 0.25) is 0 Å². The minimum atomic E-state index is -0.763. The summed E-state index contributed by atoms with van der Waals surface area (Å²) in [5.74, 6) is -0.682. The van der Waals surface area contributed by atoms with E-state index < -0.39 is 24.0 Å². The first-order chi connectivity index (χ1) is 15.3. The highest BCUT2D eigenvalue weighted by molar-refractivity contribution is 5.95. The molecule has 0 bridgehead atoms. The molecule has 0 aliphatic heterocycles. The smallest absolute Gasteiger partial charge is 0.412 e. The number of hydrogen-bond donors (Lipinski definition) is 4. The van der Waals surface area contributed by atoms with Crippen LogP contribution in [-0.4, -0.2) is 41.3 Å². The van der Waals surface area contributed by atoms with Gasteiger partial charge in [-0.15, -0.1) is 0 Å². The molecule has 0 spiro atoms. The van der Waals surface area contributed by atoms with Crippen LogP contribution in [0.1, 0.15) is 35.9 Å². The molecule has 0 aliphatic rings. The molecular weight excluding hydrogens is 416 g/mol. The number of carbonyl (C=O) groups is 3. The van der Waals surface area contributed by atoms with Crippen molar-refractivity contribution in [1.29, 1.82) is 0 Å². The average molecular weight is 442 g/mol. The van der Waals surface area contributed by atoms with E-state index in [-0.39, 0.29) is 19.0 Å². The van der Waals surface area contributed by atoms with Crippen LogP contribution < -0.4 is 15.5 Å². The zero-order chi connectivity index (χ0) is 23.5. The fraction of sp³-hybridized carbons (Fsp3) is 0.261. The van der Waals surface area contributed by atoms with Crippen LogP contribution >= 0.6 is 0 Å². The molecular formula is C23H26N2O7. The number of nitrogens with one attached hydrogen (secondary N) is 2. The van der Waals surface area contributed by atoms with E-state index >= 15 is 0 Å². The Labute approximate surface area is 185 Å². The molecule has 0 aliphatic carbocycles. The van der Waals surface area contributed by atoms with Crippen LogP contribution in [0.3, 0.4) is 0 Å². The van der Waals surface area contributed by atoms with Gasteiger partial charge in [-0.1, -0.05) is 25.1 Å². The largest absolute Gasteiger partial charge is 0.491 e. The highest BCUT2D eigenvalue weighted by atomic mass is 16.6. The van der Waals surface area contributed by atoms with Crippen molar-refractivity contribution < 1.29 is 34.2 Å². The van der Waals surface area contributed by atoms with Crippen LogP contribution in [0.25, 0.3) is 0 Å². The molecule has 9 nitrogen and oxygen atoms in total. The predicted octanol–water partition coefficient (Wildman–Crippen LogP) is 3.25. The molecule has 0 aromatic heterocycles. The maximum atomic E-state index is 12.5. The van der Waals surface area contributed by atoms with E-state index in [9.17, 15) is 14.4 Å². The van der Waals surface area contributed by atoms with Crippen LogP contribution in [0, 0.1) is 5.92 Å². The lowest BCUT2D eigenvalue weighted by Gasteiger charge is -2.23. The van der Waals surface area contributed by atoms with E-state index in [0.717, 1.165) is 6.08 Å². The summed E-state index contributed by atoms with van der Waals surface area (Å²) in [6.07, 6.45) is 1.15. The number of benzene rings is 2. The van der Waals surface area contributed by atoms with E-state index in [1.807, 2.05) is 0 Å². The molecule has 0 unspecified atom stereocenters. The van der Waals surface area contributed by atoms with Crippen LogP contribution in [0.5, 0.6) is 5.75 Å². The number of aliphatic hydroxyl groups is 1. The maximum Gasteiger partial charge on any atom is 0.412 e. The fourth-order valence-electron chi connectivity index (χ4n) is 2.82. The number of ketones is 1. The van der Waals surface area contributed by atoms with Gasteiger partial charge in [0.25, 0.3) is 5.91 Å². The summed E-state index contributed by atoms with van der Waals surface area (Å²) in [7, 11) is 0. The van der Waals surface area contributed by atoms with Gasteiger partial charge < -0.3 is 14.6 Å². The molecule has 0 radical (unpaired) electrons. The van der Waals surface area contributed by atoms with Gasteiger partial charge in [-0.25, -0.2) is 10.3 Å². The summed E-state index contributed by atoms with van der Waals surface area (Å²) in [6.45, 7) is 3.24. The van der Waals surface area contributed by atoms with Crippen molar-refractivity contribution in [3.63, 3.8) is 0 Å². The number of anilines is 1. The number of aliphatic hydroxyl groups excluding tert-OH is 1. The highest BCUT2D eigenvalue weighted by Gasteiger charge is 2.23. The Bertz CT molecular complexity index is 940. The first-order valence-corrected chi connectivity index (χ1v) is 9.88. The van der Waals surface area contributed by atoms with E-state index in [4.69, 9.17) is 19.8 Å². The van der Waals surface area contributed by atoms with Gasteiger partial charge in [0, 0.05) is 23.2 Å². The van der Waals surface area contributed by atoms with Crippen LogP contribution in [0.15, 0.2) is 60.7 Å². The third-order valence-corrected chi connectivity index (χ3v) is 4.48. The summed E-state index contributed by atoms with van der Waals surface area (Å²) in [5, 5.41) is 20.1. The molecule has 0 heterocycles. The second-order valence-electron chi connectivity index (χ2n) is 6.92. The standard InChI is InChI=1S/C23H26N2O7/c1-15(3-12-21(28)25-30)22(18-6-10-20(11-7-18)31-14-13-26)32-23(29)24-19-8-4-17(5-9-19)16(2)27/h3-12,15,22,26,30H,13-14H2,1-2H3,(H,24,29)(H,25,28)/b12-3+/t15-,22-/m0/s1. The Morgan fingerprint density at radius 1 is 1.06 bits per heavy atom. The summed E-state index contributed by atoms with van der Waals surface area (Å²) in [6, 6.07) is 13.2. The highest BCUT2D eigenvalue weighted by Crippen LogP contribution is 2.29. The Morgan fingerprint density at radius 3 is 2.28 bits per heavy atom. The quantitative estimate of drug-likeness (QED) is 0.192. The molecule has 4 N–H and O–H groups in total. The van der Waals surface area contributed by atoms with Crippen LogP contribution in [0.4, 0.5) is 10.5 Å². The number of amides is 2. The Balaban J connectivity index is 2.17. The van der Waals surface area contributed by atoms with Crippen molar-refractivity contribution >= 4 is 23.5 Å². The average Bonchev–Trinajstić information content (AvgIpc) is 2.80. The number of carbonyl (C=O) groups excluding carboxylic acids is 3. The van der Waals surface area contributed by atoms with E-state index in [0.29, 0.717) is 22.6 Å². The van der Waals surface area contributed by atoms with Crippen LogP contribution in [-0.2, 0) is 9.53 Å². The second-order valence-corrected chi connectivity index (χ2v) is 6.92. The summed E-state index contributed by atoms with van der Waals surface area (Å²) in [4.78, 5) is 35.2. The second kappa shape index (κ2) is 12.2. The first kappa shape index (κ1) is 24.6. The Morgan fingerprint density at radius 2 is 1.72 bits per heavy atom. The normalized spacial score (nSPS) is 12.6. The Hall–Kier alpha value is -3.69. The van der Waals surface area contributed by atoms with E-state index in [1.54, 1.807) is 55.5 Å². The molecule has 9 heteroatoms. The molecule has 2 amide bonds. The molecule has 0 saturated heterocycles. The van der Waals surface area contributed by atoms with Crippen molar-refractivity contribution in [2.24, 2.45) is 5.92 Å². The van der Waals surface area contributed by atoms with Crippen molar-refractivity contribution in [1.82, 2.24) is 5.48 Å². The van der Waals surface area contributed by atoms with Crippen molar-refractivity contribution in [2.45, 2.75) is 20.0 Å². The SMILES string of the molecule is CC(=O)c1ccc(NC(=O)O[C@H](c2ccc(OCCO)cc2)[C@@H](C)/C=C/C(=O)NO)cc1. The number of ether oxygens (including phenoxy) is 2. The molecule has 0 fully saturated rings. The topological polar surface area (TPSA) is 134 Å². The number of Topliss-reactive ketones (excluding diaryl/α,β-unsaturated/α-hetero) is 1. The predicted molar refractivity (Wildman–Crippen MR) is 117 cm³/mol. The van der Waals surface area contributed by atoms with Gasteiger partial charge in [0.15, 0.2) is 5.78 Å². The molecule has 2 rings (SSSR count). The van der Waals surface area contributed by atoms with Crippen molar-refractivity contribution in [2.75, 3.05) is 18.5 Å². The first-order valence-electron chi connectivity index (χ1n) is 9.88. The van der Waals surface area contributed by atoms with Crippen LogP contribution in [0.2, 0.25) is 0 Å². The van der Waals surface area contributed by atoms with Crippen molar-refractivity contribution in [3.05, 3.63) is 71.8 Å². The third kappa shape index (κ3) is 7.53. The minimum Gasteiger partial charge on any atom is -0.491 e. The van der Waals surface area contributed by atoms with E-state index in [2.05, 4.69) is 5.32 Å². The lowest BCUT2D eigenvalue weighted by molar-refractivity contribution is -0.124. The molecule has 170 valence electrons. The lowest BCUT2D eigenvalue weighted by atomic mass is 9.96. The van der Waals surface area contributed by atoms with Crippen molar-refractivity contribution in [3.8, 4) is 5.75 Å². The van der Waals surface area contributed by atoms with Gasteiger partial charge in [0.1, 0.15) is 18.5 Å². The number of hydrogen-bond acceptors (Lipinski definition) is 7. The van der Waals surface area contributed by atoms with Gasteiger partial charge in [-0.05, 0) is 48.9 Å². The number of hydroxylamine groups is 1. The van der Waals surface area contributed by atoms with Gasteiger partial charge in [-0.2, -0.15) is 0 Å². The fourth-order valence-corrected chi connectivity index (χ4v) is 2.82. The zero-order valence-corrected chi connectivity index (χ0v) is 17.8. The molecule has 2 aromatic carbocycles. The number of rotatable bonds is 10. The summed E-state index contributed by atoms with van der Waals surface area (Å²) in [5.41, 5.74) is 3.12. The zero-order valence-electron chi connectivity index (χ0n) is 17.8. The summed E-state index contributed by atoms with van der Waals surface area (Å²) < 4.78 is 11.0. The molecule has 0 saturated carbocycles. The Kier molecular flexibility index (Phi) is 9.40. The molecule has 2 atom stereocenters. The lowest BCUT2D eigenvalue weighted by Crippen LogP contribution is -2.22. The van der Waals surface area contributed by atoms with E-state index in [1.165, 1.54) is 18.5 Å². The summed E-state index contributed by atoms with van der Waals surface area (Å²) >= 11 is 0. The molecule has 2 aromatic rings. The molecule has 32 heavy (non-hydrogen) atoms. The van der Waals surface area contributed by atoms with Gasteiger partial charge >= 0.3 is 6.09 Å². The minimum absolute atomic E-state index is 0.0851.